The van der Waals surface area contributed by atoms with E-state index in [4.69, 9.17) is 11.6 Å². The number of nitrogens with zero attached hydrogens (tertiary/aromatic N) is 3. The summed E-state index contributed by atoms with van der Waals surface area (Å²) in [6.07, 6.45) is 8.36. The minimum atomic E-state index is -0.128. The number of carbonyl (C=O) groups is 1. The Morgan fingerprint density at radius 3 is 2.71 bits per heavy atom. The van der Waals surface area contributed by atoms with Gasteiger partial charge in [-0.15, -0.1) is 13.2 Å². The molecule has 108 valence electrons. The summed E-state index contributed by atoms with van der Waals surface area (Å²) >= 11 is 6.11. The van der Waals surface area contributed by atoms with Gasteiger partial charge in [-0.25, -0.2) is 4.98 Å². The van der Waals surface area contributed by atoms with Crippen molar-refractivity contribution in [2.45, 2.75) is 0 Å². The van der Waals surface area contributed by atoms with E-state index in [-0.39, 0.29) is 5.91 Å². The molecule has 0 aliphatic carbocycles. The van der Waals surface area contributed by atoms with Gasteiger partial charge in [0.25, 0.3) is 0 Å². The number of amides is 1. The van der Waals surface area contributed by atoms with Crippen LogP contribution in [0.25, 0.3) is 11.7 Å². The van der Waals surface area contributed by atoms with E-state index in [2.05, 4.69) is 18.1 Å². The molecule has 0 aliphatic rings. The maximum atomic E-state index is 12.1. The van der Waals surface area contributed by atoms with Crippen molar-refractivity contribution >= 4 is 29.2 Å². The lowest BCUT2D eigenvalue weighted by atomic mass is 10.3. The smallest absolute Gasteiger partial charge is 0.247 e. The molecule has 0 N–H and O–H groups in total. The molecule has 0 aromatic carbocycles. The van der Waals surface area contributed by atoms with Crippen molar-refractivity contribution in [1.29, 1.82) is 0 Å². The predicted molar refractivity (Wildman–Crippen MR) is 86.2 cm³/mol. The van der Waals surface area contributed by atoms with Crippen LogP contribution in [0, 0.1) is 0 Å². The van der Waals surface area contributed by atoms with Gasteiger partial charge in [0.15, 0.2) is 5.15 Å². The zero-order chi connectivity index (χ0) is 15.2. The highest BCUT2D eigenvalue weighted by molar-refractivity contribution is 6.31. The molecular weight excluding hydrogens is 286 g/mol. The summed E-state index contributed by atoms with van der Waals surface area (Å²) in [6.45, 7) is 8.22. The first kappa shape index (κ1) is 15.1. The molecule has 0 saturated heterocycles. The fraction of sp³-hybridized carbons (Fsp3) is 0.125. The molecule has 0 atom stereocenters. The van der Waals surface area contributed by atoms with Crippen molar-refractivity contribution < 1.29 is 4.79 Å². The second-order valence-electron chi connectivity index (χ2n) is 4.37. The first-order valence-electron chi connectivity index (χ1n) is 6.48. The molecule has 0 radical (unpaired) electrons. The largest absolute Gasteiger partial charge is 0.332 e. The van der Waals surface area contributed by atoms with Crippen molar-refractivity contribution in [2.24, 2.45) is 0 Å². The van der Waals surface area contributed by atoms with Gasteiger partial charge in [-0.3, -0.25) is 9.20 Å². The monoisotopic (exact) mass is 301 g/mol. The minimum Gasteiger partial charge on any atom is -0.332 e. The van der Waals surface area contributed by atoms with E-state index in [0.717, 1.165) is 5.65 Å². The molecule has 2 aromatic rings. The Morgan fingerprint density at radius 2 is 2.05 bits per heavy atom. The van der Waals surface area contributed by atoms with Gasteiger partial charge >= 0.3 is 0 Å². The molecule has 0 saturated carbocycles. The highest BCUT2D eigenvalue weighted by atomic mass is 35.5. The van der Waals surface area contributed by atoms with Gasteiger partial charge in [-0.1, -0.05) is 29.8 Å². The molecule has 5 heteroatoms. The van der Waals surface area contributed by atoms with Crippen molar-refractivity contribution in [1.82, 2.24) is 14.3 Å². The van der Waals surface area contributed by atoms with Gasteiger partial charge in [0.1, 0.15) is 5.65 Å². The molecule has 0 bridgehead atoms. The SMILES string of the molecule is C=CCN(CC=C)C(=O)/C=C/c1c(Cl)nc2ccccn12. The first-order chi connectivity index (χ1) is 10.2. The van der Waals surface area contributed by atoms with Crippen molar-refractivity contribution in [3.63, 3.8) is 0 Å². The van der Waals surface area contributed by atoms with Gasteiger partial charge < -0.3 is 4.90 Å². The fourth-order valence-corrected chi connectivity index (χ4v) is 2.20. The minimum absolute atomic E-state index is 0.128. The van der Waals surface area contributed by atoms with Gasteiger partial charge in [-0.05, 0) is 18.2 Å². The number of pyridine rings is 1. The van der Waals surface area contributed by atoms with Crippen LogP contribution in [0.1, 0.15) is 5.69 Å². The van der Waals surface area contributed by atoms with Crippen LogP contribution in [0.3, 0.4) is 0 Å². The number of hydrogen-bond acceptors (Lipinski definition) is 2. The molecule has 21 heavy (non-hydrogen) atoms. The summed E-state index contributed by atoms with van der Waals surface area (Å²) in [4.78, 5) is 18.0. The normalized spacial score (nSPS) is 10.9. The number of rotatable bonds is 6. The van der Waals surface area contributed by atoms with Gasteiger partial charge in [0.2, 0.25) is 5.91 Å². The van der Waals surface area contributed by atoms with Crippen molar-refractivity contribution in [2.75, 3.05) is 13.1 Å². The van der Waals surface area contributed by atoms with Gasteiger partial charge in [0.05, 0.1) is 5.69 Å². The van der Waals surface area contributed by atoms with Crippen LogP contribution < -0.4 is 0 Å². The molecule has 2 heterocycles. The number of imidazole rings is 1. The van der Waals surface area contributed by atoms with Crippen LogP contribution in [0.2, 0.25) is 5.15 Å². The third kappa shape index (κ3) is 3.41. The molecule has 4 nitrogen and oxygen atoms in total. The lowest BCUT2D eigenvalue weighted by Crippen LogP contribution is -2.29. The summed E-state index contributed by atoms with van der Waals surface area (Å²) in [5.74, 6) is -0.128. The predicted octanol–water partition coefficient (Wildman–Crippen LogP) is 3.20. The summed E-state index contributed by atoms with van der Waals surface area (Å²) in [5, 5.41) is 0.365. The lowest BCUT2D eigenvalue weighted by molar-refractivity contribution is -0.124. The van der Waals surface area contributed by atoms with E-state index in [9.17, 15) is 4.79 Å². The molecule has 2 aromatic heterocycles. The standard InChI is InChI=1S/C16H16ClN3O/c1-3-10-19(11-4-2)15(21)9-8-13-16(17)18-14-7-5-6-12-20(13)14/h3-9,12H,1-2,10-11H2/b9-8+. The maximum Gasteiger partial charge on any atom is 0.247 e. The van der Waals surface area contributed by atoms with Crippen molar-refractivity contribution in [3.05, 3.63) is 66.6 Å². The third-order valence-electron chi connectivity index (χ3n) is 2.92. The molecule has 1 amide bonds. The topological polar surface area (TPSA) is 37.6 Å². The van der Waals surface area contributed by atoms with Crippen LogP contribution in [0.15, 0.2) is 55.8 Å². The van der Waals surface area contributed by atoms with Crippen LogP contribution in [-0.2, 0) is 4.79 Å². The van der Waals surface area contributed by atoms with Crippen molar-refractivity contribution in [3.8, 4) is 0 Å². The first-order valence-corrected chi connectivity index (χ1v) is 6.86. The third-order valence-corrected chi connectivity index (χ3v) is 3.19. The lowest BCUT2D eigenvalue weighted by Gasteiger charge is -2.16. The number of hydrogen-bond donors (Lipinski definition) is 0. The second-order valence-corrected chi connectivity index (χ2v) is 4.73. The number of fused-ring (bicyclic) bond motifs is 1. The molecule has 0 aliphatic heterocycles. The molecule has 0 spiro atoms. The summed E-state index contributed by atoms with van der Waals surface area (Å²) < 4.78 is 1.83. The van der Waals surface area contributed by atoms with E-state index in [1.165, 1.54) is 6.08 Å². The average Bonchev–Trinajstić information content (AvgIpc) is 2.80. The number of carbonyl (C=O) groups excluding carboxylic acids is 1. The molecule has 0 fully saturated rings. The van der Waals surface area contributed by atoms with E-state index >= 15 is 0 Å². The highest BCUT2D eigenvalue weighted by Crippen LogP contribution is 2.18. The zero-order valence-electron chi connectivity index (χ0n) is 11.6. The fourth-order valence-electron chi connectivity index (χ4n) is 1.96. The second kappa shape index (κ2) is 6.90. The Hall–Kier alpha value is -2.33. The van der Waals surface area contributed by atoms with E-state index in [0.29, 0.717) is 23.9 Å². The maximum absolute atomic E-state index is 12.1. The van der Waals surface area contributed by atoms with E-state index in [1.54, 1.807) is 23.1 Å². The molecular formula is C16H16ClN3O. The van der Waals surface area contributed by atoms with E-state index in [1.807, 2.05) is 28.8 Å². The molecule has 0 unspecified atom stereocenters. The Kier molecular flexibility index (Phi) is 4.95. The average molecular weight is 302 g/mol. The molecule has 2 rings (SSSR count). The van der Waals surface area contributed by atoms with Crippen LogP contribution >= 0.6 is 11.6 Å². The van der Waals surface area contributed by atoms with Gasteiger partial charge in [0, 0.05) is 25.4 Å². The van der Waals surface area contributed by atoms with E-state index < -0.39 is 0 Å². The quantitative estimate of drug-likeness (QED) is 0.607. The van der Waals surface area contributed by atoms with Crippen LogP contribution in [-0.4, -0.2) is 33.3 Å². The van der Waals surface area contributed by atoms with Crippen LogP contribution in [0.5, 0.6) is 0 Å². The zero-order valence-corrected chi connectivity index (χ0v) is 12.3. The number of aromatic nitrogens is 2. The Labute approximate surface area is 128 Å². The summed E-state index contributed by atoms with van der Waals surface area (Å²) in [6, 6.07) is 5.62. The summed E-state index contributed by atoms with van der Waals surface area (Å²) in [5.41, 5.74) is 1.42. The Morgan fingerprint density at radius 1 is 1.33 bits per heavy atom. The van der Waals surface area contributed by atoms with Gasteiger partial charge in [-0.2, -0.15) is 0 Å². The van der Waals surface area contributed by atoms with Crippen LogP contribution in [0.4, 0.5) is 0 Å². The highest BCUT2D eigenvalue weighted by Gasteiger charge is 2.10. The Balaban J connectivity index is 2.26. The number of halogens is 1. The summed E-state index contributed by atoms with van der Waals surface area (Å²) in [7, 11) is 0. The Bertz CT molecular complexity index is 693.